The molecule has 2 amide bonds. The molecule has 0 aliphatic heterocycles. The van der Waals surface area contributed by atoms with Crippen LogP contribution < -0.4 is 10.6 Å². The summed E-state index contributed by atoms with van der Waals surface area (Å²) in [5.41, 5.74) is 1.16. The fourth-order valence-electron chi connectivity index (χ4n) is 3.13. The molecule has 1 aromatic carbocycles. The number of carbonyl (C=O) groups is 2. The van der Waals surface area contributed by atoms with Crippen LogP contribution in [0.3, 0.4) is 0 Å². The average Bonchev–Trinajstić information content (AvgIpc) is 2.59. The molecule has 0 bridgehead atoms. The van der Waals surface area contributed by atoms with Gasteiger partial charge in [-0.2, -0.15) is 0 Å². The van der Waals surface area contributed by atoms with Gasteiger partial charge in [0.2, 0.25) is 0 Å². The van der Waals surface area contributed by atoms with Gasteiger partial charge in [0.25, 0.3) is 0 Å². The Labute approximate surface area is 154 Å². The molecule has 0 saturated heterocycles. The molecule has 1 aromatic rings. The molecular formula is C18H26N2O5S. The maximum atomic E-state index is 12.6. The molecule has 26 heavy (non-hydrogen) atoms. The largest absolute Gasteiger partial charge is 0.481 e. The minimum absolute atomic E-state index is 0.00517. The minimum Gasteiger partial charge on any atom is -0.481 e. The first-order valence-electron chi connectivity index (χ1n) is 8.94. The highest BCUT2D eigenvalue weighted by molar-refractivity contribution is 7.91. The van der Waals surface area contributed by atoms with E-state index >= 15 is 0 Å². The van der Waals surface area contributed by atoms with Gasteiger partial charge in [0.1, 0.15) is 0 Å². The number of amides is 2. The van der Waals surface area contributed by atoms with Crippen LogP contribution in [0.15, 0.2) is 24.3 Å². The van der Waals surface area contributed by atoms with E-state index in [-0.39, 0.29) is 24.0 Å². The first-order valence-corrected chi connectivity index (χ1v) is 10.7. The van der Waals surface area contributed by atoms with Crippen molar-refractivity contribution in [1.82, 2.24) is 5.32 Å². The number of hydrogen-bond donors (Lipinski definition) is 3. The van der Waals surface area contributed by atoms with E-state index in [0.717, 1.165) is 32.1 Å². The normalized spacial score (nSPS) is 15.4. The number of nitrogens with one attached hydrogen (secondary N) is 2. The Bertz CT molecular complexity index is 727. The van der Waals surface area contributed by atoms with E-state index in [1.807, 2.05) is 0 Å². The first-order chi connectivity index (χ1) is 12.4. The van der Waals surface area contributed by atoms with Gasteiger partial charge in [-0.25, -0.2) is 13.2 Å². The van der Waals surface area contributed by atoms with Crippen molar-refractivity contribution < 1.29 is 23.1 Å². The molecular weight excluding hydrogens is 356 g/mol. The molecule has 2 rings (SSSR count). The Morgan fingerprint density at radius 1 is 1.15 bits per heavy atom. The van der Waals surface area contributed by atoms with Gasteiger partial charge in [-0.1, -0.05) is 31.4 Å². The van der Waals surface area contributed by atoms with E-state index in [2.05, 4.69) is 10.6 Å². The van der Waals surface area contributed by atoms with E-state index < -0.39 is 21.8 Å². The second kappa shape index (κ2) is 9.56. The Morgan fingerprint density at radius 3 is 2.58 bits per heavy atom. The van der Waals surface area contributed by atoms with Gasteiger partial charge in [-0.3, -0.25) is 4.79 Å². The lowest BCUT2D eigenvalue weighted by atomic mass is 10.0. The highest BCUT2D eigenvalue weighted by atomic mass is 32.2. The summed E-state index contributed by atoms with van der Waals surface area (Å²) < 4.78 is 25.1. The molecule has 1 aliphatic rings. The van der Waals surface area contributed by atoms with Gasteiger partial charge < -0.3 is 15.7 Å². The van der Waals surface area contributed by atoms with Crippen LogP contribution in [0.25, 0.3) is 0 Å². The Kier molecular flexibility index (Phi) is 7.44. The van der Waals surface area contributed by atoms with E-state index in [0.29, 0.717) is 17.7 Å². The zero-order valence-corrected chi connectivity index (χ0v) is 15.6. The molecule has 0 atom stereocenters. The van der Waals surface area contributed by atoms with Crippen molar-refractivity contribution in [3.63, 3.8) is 0 Å². The number of urea groups is 1. The summed E-state index contributed by atoms with van der Waals surface area (Å²) in [4.78, 5) is 22.2. The number of aliphatic carboxylic acids is 1. The highest BCUT2D eigenvalue weighted by Gasteiger charge is 2.27. The second-order valence-corrected chi connectivity index (χ2v) is 8.93. The molecule has 0 unspecified atom stereocenters. The van der Waals surface area contributed by atoms with Crippen molar-refractivity contribution in [3.05, 3.63) is 29.8 Å². The summed E-state index contributed by atoms with van der Waals surface area (Å²) in [6, 6.07) is 6.37. The summed E-state index contributed by atoms with van der Waals surface area (Å²) in [7, 11) is -3.19. The van der Waals surface area contributed by atoms with E-state index in [4.69, 9.17) is 5.11 Å². The maximum Gasteiger partial charge on any atom is 0.319 e. The van der Waals surface area contributed by atoms with Crippen LogP contribution in [-0.4, -0.2) is 37.3 Å². The van der Waals surface area contributed by atoms with Crippen LogP contribution in [0.2, 0.25) is 0 Å². The maximum absolute atomic E-state index is 12.6. The lowest BCUT2D eigenvalue weighted by Crippen LogP contribution is -2.29. The number of hydrogen-bond acceptors (Lipinski definition) is 4. The zero-order chi connectivity index (χ0) is 19.0. The third-order valence-corrected chi connectivity index (χ3v) is 6.69. The molecule has 7 nitrogen and oxygen atoms in total. The Morgan fingerprint density at radius 2 is 1.88 bits per heavy atom. The highest BCUT2D eigenvalue weighted by Crippen LogP contribution is 2.26. The Hall–Kier alpha value is -2.09. The summed E-state index contributed by atoms with van der Waals surface area (Å²) in [6.07, 6.45) is 4.85. The van der Waals surface area contributed by atoms with Gasteiger partial charge in [-0.15, -0.1) is 0 Å². The molecule has 0 spiro atoms. The van der Waals surface area contributed by atoms with E-state index in [9.17, 15) is 18.0 Å². The molecule has 3 N–H and O–H groups in total. The fourth-order valence-corrected chi connectivity index (χ4v) is 5.06. The smallest absolute Gasteiger partial charge is 0.319 e. The van der Waals surface area contributed by atoms with Crippen molar-refractivity contribution in [3.8, 4) is 0 Å². The number of rotatable bonds is 8. The third-order valence-electron chi connectivity index (χ3n) is 4.47. The third kappa shape index (κ3) is 6.67. The lowest BCUT2D eigenvalue weighted by Gasteiger charge is -2.21. The van der Waals surface area contributed by atoms with Gasteiger partial charge in [-0.05, 0) is 37.0 Å². The SMILES string of the molecule is O=C(O)CCCNC(=O)Nc1cccc(CS(=O)(=O)C2CCCCC2)c1. The summed E-state index contributed by atoms with van der Waals surface area (Å²) in [5, 5.41) is 13.5. The second-order valence-electron chi connectivity index (χ2n) is 6.65. The Balaban J connectivity index is 1.88. The van der Waals surface area contributed by atoms with Gasteiger partial charge in [0.15, 0.2) is 9.84 Å². The standard InChI is InChI=1S/C18H26N2O5S/c21-17(22)10-5-11-19-18(23)20-15-7-4-6-14(12-15)13-26(24,25)16-8-2-1-3-9-16/h4,6-7,12,16H,1-3,5,8-11,13H2,(H,21,22)(H2,19,20,23). The molecule has 1 fully saturated rings. The van der Waals surface area contributed by atoms with Crippen molar-refractivity contribution >= 4 is 27.5 Å². The summed E-state index contributed by atoms with van der Waals surface area (Å²) >= 11 is 0. The number of carboxylic acid groups (broad SMARTS) is 1. The first kappa shape index (κ1) is 20.2. The molecule has 0 radical (unpaired) electrons. The van der Waals surface area contributed by atoms with E-state index in [1.165, 1.54) is 0 Å². The van der Waals surface area contributed by atoms with Crippen LogP contribution in [0.5, 0.6) is 0 Å². The minimum atomic E-state index is -3.19. The lowest BCUT2D eigenvalue weighted by molar-refractivity contribution is -0.137. The number of sulfone groups is 1. The number of benzene rings is 1. The summed E-state index contributed by atoms with van der Waals surface area (Å²) in [6.45, 7) is 0.258. The quantitative estimate of drug-likeness (QED) is 0.598. The monoisotopic (exact) mass is 382 g/mol. The molecule has 8 heteroatoms. The number of carbonyl (C=O) groups excluding carboxylic acids is 1. The van der Waals surface area contributed by atoms with Crippen LogP contribution in [0, 0.1) is 0 Å². The van der Waals surface area contributed by atoms with Crippen molar-refractivity contribution in [1.29, 1.82) is 0 Å². The number of anilines is 1. The van der Waals surface area contributed by atoms with Crippen molar-refractivity contribution in [2.24, 2.45) is 0 Å². The van der Waals surface area contributed by atoms with Crippen LogP contribution >= 0.6 is 0 Å². The predicted molar refractivity (Wildman–Crippen MR) is 99.8 cm³/mol. The van der Waals surface area contributed by atoms with Gasteiger partial charge >= 0.3 is 12.0 Å². The topological polar surface area (TPSA) is 113 Å². The van der Waals surface area contributed by atoms with Crippen LogP contribution in [0.1, 0.15) is 50.5 Å². The molecule has 144 valence electrons. The van der Waals surface area contributed by atoms with Crippen molar-refractivity contribution in [2.75, 3.05) is 11.9 Å². The fraction of sp³-hybridized carbons (Fsp3) is 0.556. The molecule has 0 heterocycles. The van der Waals surface area contributed by atoms with E-state index in [1.54, 1.807) is 24.3 Å². The average molecular weight is 382 g/mol. The molecule has 1 saturated carbocycles. The van der Waals surface area contributed by atoms with Crippen LogP contribution in [0.4, 0.5) is 10.5 Å². The molecule has 1 aliphatic carbocycles. The molecule has 0 aromatic heterocycles. The van der Waals surface area contributed by atoms with Crippen molar-refractivity contribution in [2.45, 2.75) is 55.9 Å². The van der Waals surface area contributed by atoms with Gasteiger partial charge in [0, 0.05) is 18.7 Å². The summed E-state index contributed by atoms with van der Waals surface area (Å²) in [5.74, 6) is -0.924. The van der Waals surface area contributed by atoms with Gasteiger partial charge in [0.05, 0.1) is 11.0 Å². The predicted octanol–water partition coefficient (Wildman–Crippen LogP) is 2.92. The number of carboxylic acids is 1. The van der Waals surface area contributed by atoms with Crippen LogP contribution in [-0.2, 0) is 20.4 Å². The zero-order valence-electron chi connectivity index (χ0n) is 14.7.